The zero-order chi connectivity index (χ0) is 14.7. The Morgan fingerprint density at radius 1 is 1.50 bits per heavy atom. The SMILES string of the molecule is CC(N)CC(=O)N1CCC(Oc2ccc(Cl)c(Cl)c2)C1. The summed E-state index contributed by atoms with van der Waals surface area (Å²) in [6, 6.07) is 5.06. The number of ether oxygens (including phenoxy) is 1. The number of nitrogens with zero attached hydrogens (tertiary/aromatic N) is 1. The van der Waals surface area contributed by atoms with Crippen LogP contribution in [0.1, 0.15) is 19.8 Å². The van der Waals surface area contributed by atoms with Crippen LogP contribution in [0.25, 0.3) is 0 Å². The second-order valence-electron chi connectivity index (χ2n) is 5.13. The van der Waals surface area contributed by atoms with Crippen LogP contribution in [0.15, 0.2) is 18.2 Å². The van der Waals surface area contributed by atoms with Crippen molar-refractivity contribution in [3.05, 3.63) is 28.2 Å². The summed E-state index contributed by atoms with van der Waals surface area (Å²) in [5.41, 5.74) is 5.64. The van der Waals surface area contributed by atoms with E-state index in [0.717, 1.165) is 6.42 Å². The smallest absolute Gasteiger partial charge is 0.224 e. The van der Waals surface area contributed by atoms with E-state index in [2.05, 4.69) is 0 Å². The standard InChI is InChI=1S/C14H18Cl2N2O2/c1-9(17)6-14(19)18-5-4-11(8-18)20-10-2-3-12(15)13(16)7-10/h2-3,7,9,11H,4-6,8,17H2,1H3. The van der Waals surface area contributed by atoms with Gasteiger partial charge in [-0.3, -0.25) is 4.79 Å². The van der Waals surface area contributed by atoms with E-state index in [1.807, 2.05) is 6.92 Å². The first-order chi connectivity index (χ1) is 9.45. The van der Waals surface area contributed by atoms with Crippen LogP contribution < -0.4 is 10.5 Å². The lowest BCUT2D eigenvalue weighted by molar-refractivity contribution is -0.130. The molecule has 0 aromatic heterocycles. The van der Waals surface area contributed by atoms with E-state index < -0.39 is 0 Å². The van der Waals surface area contributed by atoms with Gasteiger partial charge < -0.3 is 15.4 Å². The maximum Gasteiger partial charge on any atom is 0.224 e. The number of carbonyl (C=O) groups is 1. The van der Waals surface area contributed by atoms with E-state index in [9.17, 15) is 4.79 Å². The van der Waals surface area contributed by atoms with Crippen molar-refractivity contribution < 1.29 is 9.53 Å². The molecule has 1 saturated heterocycles. The maximum absolute atomic E-state index is 11.9. The Morgan fingerprint density at radius 2 is 2.25 bits per heavy atom. The molecule has 1 aromatic carbocycles. The molecule has 0 saturated carbocycles. The van der Waals surface area contributed by atoms with Gasteiger partial charge in [0.2, 0.25) is 5.91 Å². The van der Waals surface area contributed by atoms with Gasteiger partial charge in [-0.1, -0.05) is 23.2 Å². The molecule has 1 aliphatic heterocycles. The molecule has 0 bridgehead atoms. The fourth-order valence-corrected chi connectivity index (χ4v) is 2.49. The van der Waals surface area contributed by atoms with Crippen molar-refractivity contribution in [3.8, 4) is 5.75 Å². The summed E-state index contributed by atoms with van der Waals surface area (Å²) in [5.74, 6) is 0.756. The fraction of sp³-hybridized carbons (Fsp3) is 0.500. The van der Waals surface area contributed by atoms with Crippen molar-refractivity contribution in [1.82, 2.24) is 4.90 Å². The first kappa shape index (κ1) is 15.4. The van der Waals surface area contributed by atoms with Gasteiger partial charge in [0, 0.05) is 31.5 Å². The van der Waals surface area contributed by atoms with Gasteiger partial charge in [-0.2, -0.15) is 0 Å². The molecule has 1 fully saturated rings. The second-order valence-corrected chi connectivity index (χ2v) is 5.94. The van der Waals surface area contributed by atoms with Gasteiger partial charge in [0.05, 0.1) is 16.6 Å². The highest BCUT2D eigenvalue weighted by Crippen LogP contribution is 2.28. The number of halogens is 2. The summed E-state index contributed by atoms with van der Waals surface area (Å²) >= 11 is 11.8. The number of amides is 1. The lowest BCUT2D eigenvalue weighted by Gasteiger charge is -2.18. The van der Waals surface area contributed by atoms with Crippen molar-refractivity contribution in [1.29, 1.82) is 0 Å². The van der Waals surface area contributed by atoms with Crippen LogP contribution in [0.4, 0.5) is 0 Å². The molecular formula is C14H18Cl2N2O2. The Hall–Kier alpha value is -0.970. The highest BCUT2D eigenvalue weighted by molar-refractivity contribution is 6.42. The highest BCUT2D eigenvalue weighted by Gasteiger charge is 2.27. The van der Waals surface area contributed by atoms with Crippen molar-refractivity contribution in [3.63, 3.8) is 0 Å². The van der Waals surface area contributed by atoms with Crippen molar-refractivity contribution >= 4 is 29.1 Å². The Bertz CT molecular complexity index is 494. The van der Waals surface area contributed by atoms with Crippen LogP contribution in [0.2, 0.25) is 10.0 Å². The van der Waals surface area contributed by atoms with Gasteiger partial charge in [-0.05, 0) is 19.1 Å². The molecule has 0 radical (unpaired) electrons. The van der Waals surface area contributed by atoms with Crippen LogP contribution in [-0.4, -0.2) is 36.0 Å². The molecule has 1 heterocycles. The molecule has 0 aliphatic carbocycles. The molecule has 4 nitrogen and oxygen atoms in total. The van der Waals surface area contributed by atoms with Gasteiger partial charge in [0.1, 0.15) is 11.9 Å². The normalized spacial score (nSPS) is 20.0. The Balaban J connectivity index is 1.89. The predicted octanol–water partition coefficient (Wildman–Crippen LogP) is 2.71. The third-order valence-electron chi connectivity index (χ3n) is 3.19. The summed E-state index contributed by atoms with van der Waals surface area (Å²) in [4.78, 5) is 13.7. The molecule has 110 valence electrons. The van der Waals surface area contributed by atoms with Crippen molar-refractivity contribution in [2.24, 2.45) is 5.73 Å². The van der Waals surface area contributed by atoms with Crippen LogP contribution in [0.3, 0.4) is 0 Å². The molecule has 2 rings (SSSR count). The molecule has 1 amide bonds. The third kappa shape index (κ3) is 4.01. The van der Waals surface area contributed by atoms with Gasteiger partial charge in [-0.15, -0.1) is 0 Å². The number of rotatable bonds is 4. The molecule has 6 heteroatoms. The number of benzene rings is 1. The van der Waals surface area contributed by atoms with Crippen LogP contribution in [0.5, 0.6) is 5.75 Å². The van der Waals surface area contributed by atoms with E-state index in [1.54, 1.807) is 23.1 Å². The predicted molar refractivity (Wildman–Crippen MR) is 80.3 cm³/mol. The second kappa shape index (κ2) is 6.66. The van der Waals surface area contributed by atoms with E-state index in [0.29, 0.717) is 35.3 Å². The monoisotopic (exact) mass is 316 g/mol. The van der Waals surface area contributed by atoms with E-state index >= 15 is 0 Å². The van der Waals surface area contributed by atoms with Crippen molar-refractivity contribution in [2.45, 2.75) is 31.9 Å². The Morgan fingerprint density at radius 3 is 2.90 bits per heavy atom. The molecule has 1 aromatic rings. The van der Waals surface area contributed by atoms with Gasteiger partial charge in [0.15, 0.2) is 0 Å². The zero-order valence-electron chi connectivity index (χ0n) is 11.3. The summed E-state index contributed by atoms with van der Waals surface area (Å²) in [5, 5.41) is 0.964. The van der Waals surface area contributed by atoms with Gasteiger partial charge in [-0.25, -0.2) is 0 Å². The summed E-state index contributed by atoms with van der Waals surface area (Å²) in [6.07, 6.45) is 1.18. The first-order valence-electron chi connectivity index (χ1n) is 6.60. The third-order valence-corrected chi connectivity index (χ3v) is 3.93. The van der Waals surface area contributed by atoms with E-state index in [4.69, 9.17) is 33.7 Å². The average molecular weight is 317 g/mol. The van der Waals surface area contributed by atoms with E-state index in [1.165, 1.54) is 0 Å². The summed E-state index contributed by atoms with van der Waals surface area (Å²) in [6.45, 7) is 3.13. The lowest BCUT2D eigenvalue weighted by Crippen LogP contribution is -2.34. The molecule has 2 N–H and O–H groups in total. The first-order valence-corrected chi connectivity index (χ1v) is 7.36. The maximum atomic E-state index is 11.9. The molecule has 1 aliphatic rings. The molecular weight excluding hydrogens is 299 g/mol. The summed E-state index contributed by atoms with van der Waals surface area (Å²) in [7, 11) is 0. The molecule has 0 spiro atoms. The molecule has 2 atom stereocenters. The van der Waals surface area contributed by atoms with Crippen LogP contribution >= 0.6 is 23.2 Å². The summed E-state index contributed by atoms with van der Waals surface area (Å²) < 4.78 is 5.83. The van der Waals surface area contributed by atoms with Gasteiger partial charge >= 0.3 is 0 Å². The number of carbonyl (C=O) groups excluding carboxylic acids is 1. The largest absolute Gasteiger partial charge is 0.488 e. The molecule has 20 heavy (non-hydrogen) atoms. The minimum atomic E-state index is -0.113. The average Bonchev–Trinajstić information content (AvgIpc) is 2.82. The Kier molecular flexibility index (Phi) is 5.13. The van der Waals surface area contributed by atoms with Crippen molar-refractivity contribution in [2.75, 3.05) is 13.1 Å². The number of likely N-dealkylation sites (tertiary alicyclic amines) is 1. The van der Waals surface area contributed by atoms with Gasteiger partial charge in [0.25, 0.3) is 0 Å². The number of hydrogen-bond acceptors (Lipinski definition) is 3. The van der Waals surface area contributed by atoms with Crippen LogP contribution in [-0.2, 0) is 4.79 Å². The minimum absolute atomic E-state index is 0.00993. The topological polar surface area (TPSA) is 55.6 Å². The van der Waals surface area contributed by atoms with E-state index in [-0.39, 0.29) is 18.1 Å². The number of hydrogen-bond donors (Lipinski definition) is 1. The minimum Gasteiger partial charge on any atom is -0.488 e. The Labute approximate surface area is 128 Å². The fourth-order valence-electron chi connectivity index (χ4n) is 2.20. The molecule has 2 unspecified atom stereocenters. The van der Waals surface area contributed by atoms with Crippen LogP contribution in [0, 0.1) is 0 Å². The zero-order valence-corrected chi connectivity index (χ0v) is 12.8. The lowest BCUT2D eigenvalue weighted by atomic mass is 10.2. The highest BCUT2D eigenvalue weighted by atomic mass is 35.5. The number of nitrogens with two attached hydrogens (primary N) is 1. The quantitative estimate of drug-likeness (QED) is 0.929.